The highest BCUT2D eigenvalue weighted by molar-refractivity contribution is 7.84. The molecule has 37 heavy (non-hydrogen) atoms. The topological polar surface area (TPSA) is 101 Å². The zero-order chi connectivity index (χ0) is 26.5. The van der Waals surface area contributed by atoms with E-state index in [0.29, 0.717) is 41.1 Å². The largest absolute Gasteiger partial charge is 0.494 e. The Morgan fingerprint density at radius 3 is 2.76 bits per heavy atom. The summed E-state index contributed by atoms with van der Waals surface area (Å²) in [4.78, 5) is 23.3. The molecule has 2 N–H and O–H groups in total. The number of ether oxygens (including phenoxy) is 1. The van der Waals surface area contributed by atoms with Crippen molar-refractivity contribution in [2.24, 2.45) is 7.05 Å². The lowest BCUT2D eigenvalue weighted by molar-refractivity contribution is -0.111. The van der Waals surface area contributed by atoms with Crippen LogP contribution in [0.5, 0.6) is 5.75 Å². The zero-order valence-electron chi connectivity index (χ0n) is 21.3. The van der Waals surface area contributed by atoms with Gasteiger partial charge in [-0.2, -0.15) is 0 Å². The van der Waals surface area contributed by atoms with Crippen LogP contribution >= 0.6 is 0 Å². The number of nitrogens with one attached hydrogen (secondary N) is 2. The fourth-order valence-electron chi connectivity index (χ4n) is 4.06. The van der Waals surface area contributed by atoms with E-state index in [-0.39, 0.29) is 5.91 Å². The molecule has 0 aliphatic heterocycles. The quantitative estimate of drug-likeness (QED) is 0.301. The van der Waals surface area contributed by atoms with E-state index < -0.39 is 10.8 Å². The second-order valence-electron chi connectivity index (χ2n) is 8.52. The van der Waals surface area contributed by atoms with Crippen molar-refractivity contribution in [3.05, 3.63) is 67.5 Å². The summed E-state index contributed by atoms with van der Waals surface area (Å²) in [5.74, 6) is 1.06. The van der Waals surface area contributed by atoms with E-state index in [1.807, 2.05) is 49.5 Å². The SMILES string of the molecule is C=CC(=O)Nc1cc(Nc2nccc(-c3cn(C)c4ccccc34)n2)c(OC)cc1N(C)CCS(C)=O. The molecule has 0 saturated heterocycles. The highest BCUT2D eigenvalue weighted by Gasteiger charge is 2.17. The molecule has 0 saturated carbocycles. The molecular weight excluding hydrogens is 488 g/mol. The molecule has 0 aliphatic carbocycles. The summed E-state index contributed by atoms with van der Waals surface area (Å²) in [5.41, 5.74) is 4.73. The van der Waals surface area contributed by atoms with Gasteiger partial charge in [0.2, 0.25) is 11.9 Å². The van der Waals surface area contributed by atoms with E-state index >= 15 is 0 Å². The summed E-state index contributed by atoms with van der Waals surface area (Å²) < 4.78 is 19.3. The van der Waals surface area contributed by atoms with Gasteiger partial charge in [0, 0.05) is 78.4 Å². The Morgan fingerprint density at radius 1 is 1.24 bits per heavy atom. The summed E-state index contributed by atoms with van der Waals surface area (Å²) in [6.07, 6.45) is 6.62. The molecule has 9 nitrogen and oxygen atoms in total. The average Bonchev–Trinajstić information content (AvgIpc) is 3.24. The number of amides is 1. The molecule has 2 heterocycles. The molecule has 4 rings (SSSR count). The number of fused-ring (bicyclic) bond motifs is 1. The van der Waals surface area contributed by atoms with Gasteiger partial charge in [-0.25, -0.2) is 9.97 Å². The normalized spacial score (nSPS) is 11.7. The lowest BCUT2D eigenvalue weighted by Gasteiger charge is -2.24. The number of aryl methyl sites for hydroxylation is 1. The van der Waals surface area contributed by atoms with Crippen LogP contribution in [0.3, 0.4) is 0 Å². The van der Waals surface area contributed by atoms with Crippen molar-refractivity contribution in [3.8, 4) is 17.0 Å². The van der Waals surface area contributed by atoms with Gasteiger partial charge in [0.15, 0.2) is 0 Å². The van der Waals surface area contributed by atoms with Crippen molar-refractivity contribution in [1.82, 2.24) is 14.5 Å². The zero-order valence-corrected chi connectivity index (χ0v) is 22.1. The third-order valence-corrected chi connectivity index (χ3v) is 6.72. The molecule has 1 atom stereocenters. The van der Waals surface area contributed by atoms with Crippen molar-refractivity contribution < 1.29 is 13.7 Å². The molecule has 4 aromatic rings. The predicted octanol–water partition coefficient (Wildman–Crippen LogP) is 4.33. The molecule has 2 aromatic carbocycles. The first-order valence-electron chi connectivity index (χ1n) is 11.6. The molecule has 10 heteroatoms. The molecule has 0 aliphatic rings. The molecular formula is C27H30N6O3S. The number of hydrogen-bond acceptors (Lipinski definition) is 7. The van der Waals surface area contributed by atoms with Gasteiger partial charge in [-0.15, -0.1) is 0 Å². The van der Waals surface area contributed by atoms with Gasteiger partial charge in [-0.05, 0) is 24.3 Å². The first-order chi connectivity index (χ1) is 17.8. The number of para-hydroxylation sites is 1. The molecule has 0 bridgehead atoms. The smallest absolute Gasteiger partial charge is 0.247 e. The number of aromatic nitrogens is 3. The maximum Gasteiger partial charge on any atom is 0.247 e. The Hall–Kier alpha value is -4.18. The Morgan fingerprint density at radius 2 is 2.03 bits per heavy atom. The van der Waals surface area contributed by atoms with Crippen LogP contribution in [0.1, 0.15) is 0 Å². The number of methoxy groups -OCH3 is 1. The summed E-state index contributed by atoms with van der Waals surface area (Å²) in [6.45, 7) is 4.08. The van der Waals surface area contributed by atoms with Crippen LogP contribution < -0.4 is 20.3 Å². The van der Waals surface area contributed by atoms with Crippen LogP contribution in [0.2, 0.25) is 0 Å². The van der Waals surface area contributed by atoms with Gasteiger partial charge >= 0.3 is 0 Å². The Kier molecular flexibility index (Phi) is 7.88. The standard InChI is InChI=1S/C27H30N6O3S/c1-6-26(34)29-21-15-22(25(36-4)16-24(21)32(2)13-14-37(5)35)31-27-28-12-11-20(30-27)19-17-33(3)23-10-8-7-9-18(19)23/h6-12,15-17H,1,13-14H2,2-5H3,(H,29,34)(H,28,30,31). The van der Waals surface area contributed by atoms with Crippen molar-refractivity contribution in [1.29, 1.82) is 0 Å². The van der Waals surface area contributed by atoms with E-state index in [9.17, 15) is 9.00 Å². The number of hydrogen-bond donors (Lipinski definition) is 2. The number of benzene rings is 2. The van der Waals surface area contributed by atoms with Gasteiger partial charge in [0.05, 0.1) is 29.9 Å². The van der Waals surface area contributed by atoms with Gasteiger partial charge in [0.1, 0.15) is 5.75 Å². The molecule has 192 valence electrons. The number of carbonyl (C=O) groups excluding carboxylic acids is 1. The van der Waals surface area contributed by atoms with Crippen molar-refractivity contribution in [2.75, 3.05) is 48.2 Å². The van der Waals surface area contributed by atoms with Gasteiger partial charge in [-0.1, -0.05) is 24.8 Å². The Balaban J connectivity index is 1.71. The molecule has 2 aromatic heterocycles. The lowest BCUT2D eigenvalue weighted by atomic mass is 10.1. The second kappa shape index (κ2) is 11.3. The van der Waals surface area contributed by atoms with Crippen LogP contribution in [0.4, 0.5) is 23.0 Å². The Bertz CT molecular complexity index is 1480. The van der Waals surface area contributed by atoms with Crippen LogP contribution in [-0.2, 0) is 22.6 Å². The lowest BCUT2D eigenvalue weighted by Crippen LogP contribution is -2.24. The average molecular weight is 519 g/mol. The third-order valence-electron chi connectivity index (χ3n) is 5.96. The fourth-order valence-corrected chi connectivity index (χ4v) is 4.59. The van der Waals surface area contributed by atoms with Gasteiger partial charge in [0.25, 0.3) is 0 Å². The van der Waals surface area contributed by atoms with Crippen LogP contribution in [0.15, 0.2) is 67.5 Å². The minimum Gasteiger partial charge on any atom is -0.494 e. The second-order valence-corrected chi connectivity index (χ2v) is 10.1. The fraction of sp³-hybridized carbons (Fsp3) is 0.222. The van der Waals surface area contributed by atoms with E-state index in [1.165, 1.54) is 6.08 Å². The van der Waals surface area contributed by atoms with Crippen molar-refractivity contribution >= 4 is 50.6 Å². The maximum absolute atomic E-state index is 12.2. The summed E-state index contributed by atoms with van der Waals surface area (Å²) >= 11 is 0. The van der Waals surface area contributed by atoms with E-state index in [1.54, 1.807) is 25.6 Å². The molecule has 0 spiro atoms. The minimum absolute atomic E-state index is 0.348. The van der Waals surface area contributed by atoms with Crippen LogP contribution in [0.25, 0.3) is 22.2 Å². The highest BCUT2D eigenvalue weighted by atomic mass is 32.2. The number of anilines is 4. The van der Waals surface area contributed by atoms with E-state index in [4.69, 9.17) is 9.72 Å². The molecule has 1 amide bonds. The number of rotatable bonds is 10. The summed E-state index contributed by atoms with van der Waals surface area (Å²) in [6, 6.07) is 13.6. The molecule has 0 fully saturated rings. The minimum atomic E-state index is -0.949. The highest BCUT2D eigenvalue weighted by Crippen LogP contribution is 2.38. The van der Waals surface area contributed by atoms with Crippen molar-refractivity contribution in [3.63, 3.8) is 0 Å². The van der Waals surface area contributed by atoms with Crippen molar-refractivity contribution in [2.45, 2.75) is 0 Å². The third kappa shape index (κ3) is 5.80. The number of nitrogens with zero attached hydrogens (tertiary/aromatic N) is 4. The van der Waals surface area contributed by atoms with Crippen LogP contribution in [-0.4, -0.2) is 57.4 Å². The predicted molar refractivity (Wildman–Crippen MR) is 151 cm³/mol. The molecule has 1 unspecified atom stereocenters. The summed E-state index contributed by atoms with van der Waals surface area (Å²) in [5, 5.41) is 7.19. The first kappa shape index (κ1) is 25.9. The molecule has 0 radical (unpaired) electrons. The number of carbonyl (C=O) groups is 1. The van der Waals surface area contributed by atoms with Gasteiger partial charge in [-0.3, -0.25) is 9.00 Å². The van der Waals surface area contributed by atoms with E-state index in [0.717, 1.165) is 22.2 Å². The van der Waals surface area contributed by atoms with Gasteiger partial charge < -0.3 is 24.8 Å². The van der Waals surface area contributed by atoms with E-state index in [2.05, 4.69) is 38.9 Å². The monoisotopic (exact) mass is 518 g/mol. The summed E-state index contributed by atoms with van der Waals surface area (Å²) in [7, 11) is 4.50. The maximum atomic E-state index is 12.2. The Labute approximate surface area is 218 Å². The first-order valence-corrected chi connectivity index (χ1v) is 13.3. The van der Waals surface area contributed by atoms with Crippen LogP contribution in [0, 0.1) is 0 Å².